The molecule has 1 aromatic carbocycles. The van der Waals surface area contributed by atoms with E-state index in [4.69, 9.17) is 0 Å². The SMILES string of the molecule is C=C(C)CCC(NCC)c1cccc(Br)c1F. The van der Waals surface area contributed by atoms with Crippen LogP contribution < -0.4 is 5.32 Å². The first-order valence-corrected chi connectivity index (χ1v) is 6.67. The lowest BCUT2D eigenvalue weighted by molar-refractivity contribution is 0.483. The molecule has 0 saturated heterocycles. The van der Waals surface area contributed by atoms with E-state index in [0.717, 1.165) is 30.5 Å². The molecule has 0 spiro atoms. The first-order chi connectivity index (χ1) is 8.06. The third-order valence-electron chi connectivity index (χ3n) is 2.67. The van der Waals surface area contributed by atoms with E-state index in [0.29, 0.717) is 4.47 Å². The van der Waals surface area contributed by atoms with Crippen molar-refractivity contribution in [1.82, 2.24) is 5.32 Å². The van der Waals surface area contributed by atoms with Crippen molar-refractivity contribution in [2.75, 3.05) is 6.54 Å². The molecule has 0 aromatic heterocycles. The van der Waals surface area contributed by atoms with E-state index in [2.05, 4.69) is 27.8 Å². The van der Waals surface area contributed by atoms with Crippen LogP contribution in [0.25, 0.3) is 0 Å². The van der Waals surface area contributed by atoms with E-state index < -0.39 is 0 Å². The molecule has 1 atom stereocenters. The van der Waals surface area contributed by atoms with Crippen LogP contribution in [0.5, 0.6) is 0 Å². The number of halogens is 2. The first kappa shape index (κ1) is 14.4. The number of allylic oxidation sites excluding steroid dienone is 1. The fraction of sp³-hybridized carbons (Fsp3) is 0.429. The molecular formula is C14H19BrFN. The Kier molecular flexibility index (Phi) is 5.86. The van der Waals surface area contributed by atoms with Crippen molar-refractivity contribution < 1.29 is 4.39 Å². The van der Waals surface area contributed by atoms with Crippen molar-refractivity contribution in [2.45, 2.75) is 32.7 Å². The highest BCUT2D eigenvalue weighted by molar-refractivity contribution is 9.10. The van der Waals surface area contributed by atoms with Gasteiger partial charge < -0.3 is 5.32 Å². The number of hydrogen-bond acceptors (Lipinski definition) is 1. The minimum atomic E-state index is -0.167. The summed E-state index contributed by atoms with van der Waals surface area (Å²) in [4.78, 5) is 0. The van der Waals surface area contributed by atoms with Crippen LogP contribution in [0.2, 0.25) is 0 Å². The van der Waals surface area contributed by atoms with E-state index >= 15 is 0 Å². The van der Waals surface area contributed by atoms with Crippen LogP contribution in [0.1, 0.15) is 38.3 Å². The Balaban J connectivity index is 2.88. The average molecular weight is 300 g/mol. The van der Waals surface area contributed by atoms with Gasteiger partial charge in [-0.25, -0.2) is 4.39 Å². The van der Waals surface area contributed by atoms with Crippen molar-refractivity contribution in [3.05, 3.63) is 46.2 Å². The summed E-state index contributed by atoms with van der Waals surface area (Å²) < 4.78 is 14.5. The molecule has 1 N–H and O–H groups in total. The van der Waals surface area contributed by atoms with Gasteiger partial charge in [0.1, 0.15) is 5.82 Å². The number of rotatable bonds is 6. The summed E-state index contributed by atoms with van der Waals surface area (Å²) in [6.07, 6.45) is 1.78. The molecule has 0 aliphatic carbocycles. The summed E-state index contributed by atoms with van der Waals surface area (Å²) in [5.74, 6) is -0.167. The zero-order valence-electron chi connectivity index (χ0n) is 10.4. The minimum absolute atomic E-state index is 0.0502. The molecule has 0 fully saturated rings. The van der Waals surface area contributed by atoms with Gasteiger partial charge in [-0.05, 0) is 48.3 Å². The van der Waals surface area contributed by atoms with Gasteiger partial charge in [0, 0.05) is 11.6 Å². The lowest BCUT2D eigenvalue weighted by Gasteiger charge is -2.19. The van der Waals surface area contributed by atoms with E-state index in [1.54, 1.807) is 6.07 Å². The van der Waals surface area contributed by atoms with Crippen molar-refractivity contribution >= 4 is 15.9 Å². The normalized spacial score (nSPS) is 12.5. The summed E-state index contributed by atoms with van der Waals surface area (Å²) in [6.45, 7) is 8.75. The lowest BCUT2D eigenvalue weighted by atomic mass is 9.99. The van der Waals surface area contributed by atoms with Gasteiger partial charge >= 0.3 is 0 Å². The molecule has 0 radical (unpaired) electrons. The van der Waals surface area contributed by atoms with Crippen LogP contribution in [-0.2, 0) is 0 Å². The fourth-order valence-corrected chi connectivity index (χ4v) is 2.18. The van der Waals surface area contributed by atoms with Gasteiger partial charge in [0.2, 0.25) is 0 Å². The van der Waals surface area contributed by atoms with Gasteiger partial charge in [0.15, 0.2) is 0 Å². The molecule has 17 heavy (non-hydrogen) atoms. The second-order valence-electron chi connectivity index (χ2n) is 4.25. The molecule has 0 aliphatic rings. The quantitative estimate of drug-likeness (QED) is 0.757. The van der Waals surface area contributed by atoms with Gasteiger partial charge in [-0.3, -0.25) is 0 Å². The number of benzene rings is 1. The molecule has 3 heteroatoms. The molecule has 0 saturated carbocycles. The summed E-state index contributed by atoms with van der Waals surface area (Å²) in [5, 5.41) is 3.32. The Hall–Kier alpha value is -0.670. The Bertz CT molecular complexity index is 390. The van der Waals surface area contributed by atoms with Crippen LogP contribution in [0.4, 0.5) is 4.39 Å². The van der Waals surface area contributed by atoms with E-state index in [-0.39, 0.29) is 11.9 Å². The third kappa shape index (κ3) is 4.25. The van der Waals surface area contributed by atoms with Gasteiger partial charge in [0.25, 0.3) is 0 Å². The standard InChI is InChI=1S/C14H19BrFN/c1-4-17-13(9-8-10(2)3)11-6-5-7-12(15)14(11)16/h5-7,13,17H,2,4,8-9H2,1,3H3. The second-order valence-corrected chi connectivity index (χ2v) is 5.10. The summed E-state index contributed by atoms with van der Waals surface area (Å²) in [5.41, 5.74) is 1.85. The fourth-order valence-electron chi connectivity index (χ4n) is 1.79. The molecule has 1 rings (SSSR count). The Morgan fingerprint density at radius 3 is 2.82 bits per heavy atom. The minimum Gasteiger partial charge on any atom is -0.310 e. The van der Waals surface area contributed by atoms with Crippen molar-refractivity contribution in [3.63, 3.8) is 0 Å². The zero-order chi connectivity index (χ0) is 12.8. The summed E-state index contributed by atoms with van der Waals surface area (Å²) >= 11 is 3.23. The topological polar surface area (TPSA) is 12.0 Å². The maximum atomic E-state index is 14.0. The molecule has 0 amide bonds. The van der Waals surface area contributed by atoms with Crippen LogP contribution >= 0.6 is 15.9 Å². The highest BCUT2D eigenvalue weighted by atomic mass is 79.9. The molecular weight excluding hydrogens is 281 g/mol. The average Bonchev–Trinajstić information content (AvgIpc) is 2.28. The second kappa shape index (κ2) is 6.92. The van der Waals surface area contributed by atoms with Gasteiger partial charge in [-0.15, -0.1) is 6.58 Å². The number of hydrogen-bond donors (Lipinski definition) is 1. The summed E-state index contributed by atoms with van der Waals surface area (Å²) in [7, 11) is 0. The van der Waals surface area contributed by atoms with Crippen LogP contribution in [-0.4, -0.2) is 6.54 Å². The Morgan fingerprint density at radius 2 is 2.24 bits per heavy atom. The van der Waals surface area contributed by atoms with Crippen molar-refractivity contribution in [2.24, 2.45) is 0 Å². The predicted octanol–water partition coefficient (Wildman–Crippen LogP) is 4.60. The highest BCUT2D eigenvalue weighted by Gasteiger charge is 2.16. The highest BCUT2D eigenvalue weighted by Crippen LogP contribution is 2.27. The van der Waals surface area contributed by atoms with Gasteiger partial charge in [-0.2, -0.15) is 0 Å². The third-order valence-corrected chi connectivity index (χ3v) is 3.28. The number of nitrogens with one attached hydrogen (secondary N) is 1. The molecule has 1 unspecified atom stereocenters. The molecule has 0 bridgehead atoms. The zero-order valence-corrected chi connectivity index (χ0v) is 12.0. The lowest BCUT2D eigenvalue weighted by Crippen LogP contribution is -2.22. The maximum absolute atomic E-state index is 14.0. The van der Waals surface area contributed by atoms with E-state index in [9.17, 15) is 4.39 Å². The summed E-state index contributed by atoms with van der Waals surface area (Å²) in [6, 6.07) is 5.48. The van der Waals surface area contributed by atoms with Crippen LogP contribution in [0.15, 0.2) is 34.8 Å². The largest absolute Gasteiger partial charge is 0.310 e. The molecule has 1 aromatic rings. The molecule has 94 valence electrons. The predicted molar refractivity (Wildman–Crippen MR) is 74.6 cm³/mol. The molecule has 0 heterocycles. The van der Waals surface area contributed by atoms with Crippen molar-refractivity contribution in [1.29, 1.82) is 0 Å². The van der Waals surface area contributed by atoms with Crippen LogP contribution in [0.3, 0.4) is 0 Å². The van der Waals surface area contributed by atoms with Gasteiger partial charge in [-0.1, -0.05) is 24.6 Å². The Morgan fingerprint density at radius 1 is 1.53 bits per heavy atom. The monoisotopic (exact) mass is 299 g/mol. The maximum Gasteiger partial charge on any atom is 0.142 e. The Labute approximate surface area is 111 Å². The van der Waals surface area contributed by atoms with E-state index in [1.165, 1.54) is 0 Å². The van der Waals surface area contributed by atoms with Crippen LogP contribution in [0, 0.1) is 5.82 Å². The smallest absolute Gasteiger partial charge is 0.142 e. The van der Waals surface area contributed by atoms with E-state index in [1.807, 2.05) is 26.0 Å². The molecule has 0 aliphatic heterocycles. The van der Waals surface area contributed by atoms with Gasteiger partial charge in [0.05, 0.1) is 4.47 Å². The van der Waals surface area contributed by atoms with Crippen molar-refractivity contribution in [3.8, 4) is 0 Å². The first-order valence-electron chi connectivity index (χ1n) is 5.88. The molecule has 1 nitrogen and oxygen atoms in total.